The molecule has 0 radical (unpaired) electrons. The van der Waals surface area contributed by atoms with E-state index in [1.165, 1.54) is 12.1 Å². The summed E-state index contributed by atoms with van der Waals surface area (Å²) < 4.78 is 41.2. The largest absolute Gasteiger partial charge is 0.507 e. The van der Waals surface area contributed by atoms with E-state index in [4.69, 9.17) is 0 Å². The van der Waals surface area contributed by atoms with Crippen LogP contribution in [0.2, 0.25) is 0 Å². The summed E-state index contributed by atoms with van der Waals surface area (Å²) in [5.41, 5.74) is 1.52. The van der Waals surface area contributed by atoms with Gasteiger partial charge >= 0.3 is 6.18 Å². The summed E-state index contributed by atoms with van der Waals surface area (Å²) in [6.45, 7) is -1.21. The van der Waals surface area contributed by atoms with Crippen LogP contribution in [0.4, 0.5) is 13.2 Å². The fraction of sp³-hybridized carbons (Fsp3) is 0.235. The van der Waals surface area contributed by atoms with Gasteiger partial charge in [-0.1, -0.05) is 40.2 Å². The molecule has 0 bridgehead atoms. The number of phenolic OH excluding ortho intramolecular Hbond substituents is 1. The van der Waals surface area contributed by atoms with Gasteiger partial charge in [-0.05, 0) is 29.3 Å². The zero-order valence-electron chi connectivity index (χ0n) is 12.9. The van der Waals surface area contributed by atoms with Crippen molar-refractivity contribution in [3.8, 4) is 5.75 Å². The van der Waals surface area contributed by atoms with Crippen LogP contribution in [-0.4, -0.2) is 23.8 Å². The van der Waals surface area contributed by atoms with Crippen LogP contribution >= 0.6 is 15.9 Å². The maximum absolute atomic E-state index is 12.0. The molecule has 0 aromatic heterocycles. The van der Waals surface area contributed by atoms with Crippen LogP contribution in [0.3, 0.4) is 0 Å². The summed E-state index contributed by atoms with van der Waals surface area (Å²) >= 11 is 3.19. The zero-order valence-corrected chi connectivity index (χ0v) is 14.5. The van der Waals surface area contributed by atoms with E-state index in [1.807, 2.05) is 0 Å². The van der Waals surface area contributed by atoms with E-state index < -0.39 is 18.7 Å². The van der Waals surface area contributed by atoms with Crippen molar-refractivity contribution >= 4 is 21.8 Å². The van der Waals surface area contributed by atoms with Crippen LogP contribution in [0.5, 0.6) is 5.75 Å². The monoisotopic (exact) mass is 417 g/mol. The van der Waals surface area contributed by atoms with Crippen molar-refractivity contribution in [1.82, 2.24) is 5.32 Å². The van der Waals surface area contributed by atoms with Crippen molar-refractivity contribution in [3.05, 3.63) is 63.6 Å². The van der Waals surface area contributed by atoms with Crippen LogP contribution in [0.25, 0.3) is 0 Å². The maximum atomic E-state index is 12.0. The Kier molecular flexibility index (Phi) is 6.44. The van der Waals surface area contributed by atoms with E-state index in [1.54, 1.807) is 30.3 Å². The van der Waals surface area contributed by atoms with Crippen LogP contribution in [0, 0.1) is 0 Å². The summed E-state index contributed by atoms with van der Waals surface area (Å²) in [4.78, 5) is 12.0. The van der Waals surface area contributed by atoms with Crippen LogP contribution < -0.4 is 5.32 Å². The number of ether oxygens (including phenoxy) is 1. The predicted octanol–water partition coefficient (Wildman–Crippen LogP) is 4.16. The Labute approximate surface area is 150 Å². The highest BCUT2D eigenvalue weighted by molar-refractivity contribution is 9.10. The van der Waals surface area contributed by atoms with E-state index >= 15 is 0 Å². The Morgan fingerprint density at radius 3 is 2.36 bits per heavy atom. The molecule has 0 saturated heterocycles. The molecule has 0 aliphatic carbocycles. The molecule has 0 atom stereocenters. The maximum Gasteiger partial charge on any atom is 0.411 e. The number of carbonyl (C=O) groups excluding carboxylic acids is 1. The highest BCUT2D eigenvalue weighted by atomic mass is 79.9. The Hall–Kier alpha value is -2.06. The van der Waals surface area contributed by atoms with Crippen LogP contribution in [0.15, 0.2) is 46.9 Å². The van der Waals surface area contributed by atoms with Crippen molar-refractivity contribution < 1.29 is 27.8 Å². The highest BCUT2D eigenvalue weighted by Gasteiger charge is 2.27. The van der Waals surface area contributed by atoms with Gasteiger partial charge in [-0.25, -0.2) is 0 Å². The van der Waals surface area contributed by atoms with Gasteiger partial charge in [0.2, 0.25) is 0 Å². The van der Waals surface area contributed by atoms with Gasteiger partial charge in [-0.3, -0.25) is 4.79 Å². The number of carbonyl (C=O) groups is 1. The topological polar surface area (TPSA) is 58.6 Å². The van der Waals surface area contributed by atoms with E-state index in [2.05, 4.69) is 26.0 Å². The molecule has 0 spiro atoms. The van der Waals surface area contributed by atoms with Crippen molar-refractivity contribution in [1.29, 1.82) is 0 Å². The number of halogens is 4. The normalized spacial score (nSPS) is 11.4. The minimum atomic E-state index is -4.34. The third-order valence-corrected chi connectivity index (χ3v) is 3.71. The molecule has 134 valence electrons. The van der Waals surface area contributed by atoms with Gasteiger partial charge < -0.3 is 15.2 Å². The van der Waals surface area contributed by atoms with E-state index in [0.717, 1.165) is 5.56 Å². The number of benzene rings is 2. The first-order valence-electron chi connectivity index (χ1n) is 7.23. The van der Waals surface area contributed by atoms with Crippen molar-refractivity contribution in [2.75, 3.05) is 6.61 Å². The Balaban J connectivity index is 1.85. The molecule has 0 aliphatic rings. The van der Waals surface area contributed by atoms with E-state index in [-0.39, 0.29) is 24.5 Å². The molecule has 2 aromatic rings. The standard InChI is InChI=1S/C17H15BrF3NO3/c18-13-5-6-14(15(23)7-13)16(24)22-8-11-1-3-12(4-2-11)9-25-10-17(19,20)21/h1-7,23H,8-10H2,(H,22,24). The summed E-state index contributed by atoms with van der Waals surface area (Å²) in [7, 11) is 0. The molecule has 0 unspecified atom stereocenters. The first-order valence-corrected chi connectivity index (χ1v) is 8.03. The van der Waals surface area contributed by atoms with Gasteiger partial charge in [0.25, 0.3) is 5.91 Å². The molecule has 0 heterocycles. The molecule has 4 nitrogen and oxygen atoms in total. The average molecular weight is 418 g/mol. The van der Waals surface area contributed by atoms with Crippen LogP contribution in [0.1, 0.15) is 21.5 Å². The van der Waals surface area contributed by atoms with Crippen molar-refractivity contribution in [3.63, 3.8) is 0 Å². The zero-order chi connectivity index (χ0) is 18.4. The Morgan fingerprint density at radius 1 is 1.12 bits per heavy atom. The third-order valence-electron chi connectivity index (χ3n) is 3.21. The minimum absolute atomic E-state index is 0.135. The lowest BCUT2D eigenvalue weighted by molar-refractivity contribution is -0.176. The molecule has 2 rings (SSSR count). The molecule has 0 fully saturated rings. The van der Waals surface area contributed by atoms with Crippen molar-refractivity contribution in [2.45, 2.75) is 19.3 Å². The number of phenols is 1. The summed E-state index contributed by atoms with van der Waals surface area (Å²) in [5.74, 6) is -0.563. The average Bonchev–Trinajstić information content (AvgIpc) is 2.52. The second-order valence-corrected chi connectivity index (χ2v) is 6.18. The lowest BCUT2D eigenvalue weighted by Gasteiger charge is -2.09. The Morgan fingerprint density at radius 2 is 1.76 bits per heavy atom. The number of alkyl halides is 3. The smallest absolute Gasteiger partial charge is 0.411 e. The second-order valence-electron chi connectivity index (χ2n) is 5.27. The van der Waals surface area contributed by atoms with E-state index in [0.29, 0.717) is 10.0 Å². The van der Waals surface area contributed by atoms with E-state index in [9.17, 15) is 23.1 Å². The van der Waals surface area contributed by atoms with Gasteiger partial charge in [0, 0.05) is 11.0 Å². The second kappa shape index (κ2) is 8.35. The van der Waals surface area contributed by atoms with Crippen molar-refractivity contribution in [2.24, 2.45) is 0 Å². The van der Waals surface area contributed by atoms with Gasteiger partial charge in [0.05, 0.1) is 12.2 Å². The number of hydrogen-bond donors (Lipinski definition) is 2. The lowest BCUT2D eigenvalue weighted by atomic mass is 10.1. The molecule has 1 amide bonds. The first kappa shape index (κ1) is 19.3. The predicted molar refractivity (Wildman–Crippen MR) is 89.1 cm³/mol. The molecule has 0 aliphatic heterocycles. The summed E-state index contributed by atoms with van der Waals surface area (Å²) in [6.07, 6.45) is -4.34. The van der Waals surface area contributed by atoms with Gasteiger partial charge in [0.1, 0.15) is 12.4 Å². The molecular formula is C17H15BrF3NO3. The number of aromatic hydroxyl groups is 1. The summed E-state index contributed by atoms with van der Waals surface area (Å²) in [5, 5.41) is 12.4. The fourth-order valence-corrected chi connectivity index (χ4v) is 2.36. The minimum Gasteiger partial charge on any atom is -0.507 e. The number of rotatable bonds is 6. The number of nitrogens with one attached hydrogen (secondary N) is 1. The Bertz CT molecular complexity index is 733. The quantitative estimate of drug-likeness (QED) is 0.741. The summed E-state index contributed by atoms with van der Waals surface area (Å²) in [6, 6.07) is 11.2. The van der Waals surface area contributed by atoms with Gasteiger partial charge in [-0.2, -0.15) is 13.2 Å². The number of amides is 1. The lowest BCUT2D eigenvalue weighted by Crippen LogP contribution is -2.22. The SMILES string of the molecule is O=C(NCc1ccc(COCC(F)(F)F)cc1)c1ccc(Br)cc1O. The molecule has 25 heavy (non-hydrogen) atoms. The molecule has 0 saturated carbocycles. The van der Waals surface area contributed by atoms with Gasteiger partial charge in [-0.15, -0.1) is 0 Å². The molecular weight excluding hydrogens is 403 g/mol. The van der Waals surface area contributed by atoms with Crippen LogP contribution in [-0.2, 0) is 17.9 Å². The third kappa shape index (κ3) is 6.39. The molecule has 8 heteroatoms. The first-order chi connectivity index (χ1) is 11.7. The highest BCUT2D eigenvalue weighted by Crippen LogP contribution is 2.22. The van der Waals surface area contributed by atoms with Gasteiger partial charge in [0.15, 0.2) is 0 Å². The fourth-order valence-electron chi connectivity index (χ4n) is 2.01. The molecule has 2 N–H and O–H groups in total. The number of hydrogen-bond acceptors (Lipinski definition) is 3. The molecule has 2 aromatic carbocycles.